The van der Waals surface area contributed by atoms with Crippen LogP contribution in [-0.2, 0) is 5.41 Å². The lowest BCUT2D eigenvalue weighted by Crippen LogP contribution is -2.22. The third kappa shape index (κ3) is 3.61. The third-order valence-electron chi connectivity index (χ3n) is 3.74. The van der Waals surface area contributed by atoms with E-state index in [9.17, 15) is 0 Å². The number of H-pyrrole nitrogens is 1. The molecule has 1 heterocycles. The molecule has 0 saturated heterocycles. The quantitative estimate of drug-likeness (QED) is 0.619. The Morgan fingerprint density at radius 2 is 1.88 bits per heavy atom. The van der Waals surface area contributed by atoms with Crippen molar-refractivity contribution >= 4 is 15.9 Å². The predicted octanol–water partition coefficient (Wildman–Crippen LogP) is 5.72. The second-order valence-electron chi connectivity index (χ2n) is 5.43. The smallest absolute Gasteiger partial charge is 0.0417 e. The molecule has 0 amide bonds. The lowest BCUT2D eigenvalue weighted by atomic mass is 9.77. The van der Waals surface area contributed by atoms with Crippen LogP contribution in [0.5, 0.6) is 0 Å². The molecule has 0 aliphatic rings. The van der Waals surface area contributed by atoms with E-state index in [4.69, 9.17) is 0 Å². The van der Waals surface area contributed by atoms with Crippen LogP contribution in [0.15, 0.2) is 10.7 Å². The number of hydrogen-bond donors (Lipinski definition) is 1. The van der Waals surface area contributed by atoms with Crippen LogP contribution >= 0.6 is 15.9 Å². The fourth-order valence-electron chi connectivity index (χ4n) is 2.64. The lowest BCUT2D eigenvalue weighted by molar-refractivity contribution is 0.369. The molecule has 1 nitrogen and oxygen atoms in total. The minimum atomic E-state index is 0.303. The average Bonchev–Trinajstić information content (AvgIpc) is 2.61. The van der Waals surface area contributed by atoms with Crippen molar-refractivity contribution in [1.82, 2.24) is 4.98 Å². The molecule has 1 rings (SSSR count). The molecule has 0 radical (unpaired) electrons. The summed E-state index contributed by atoms with van der Waals surface area (Å²) in [5.41, 5.74) is 3.02. The summed E-state index contributed by atoms with van der Waals surface area (Å²) in [6, 6.07) is 0. The number of aromatic amines is 1. The molecule has 0 aliphatic heterocycles. The van der Waals surface area contributed by atoms with Crippen molar-refractivity contribution in [3.8, 4) is 0 Å². The highest BCUT2D eigenvalue weighted by atomic mass is 79.9. The second-order valence-corrected chi connectivity index (χ2v) is 6.22. The Hall–Kier alpha value is -0.240. The van der Waals surface area contributed by atoms with Gasteiger partial charge in [0.05, 0.1) is 0 Å². The van der Waals surface area contributed by atoms with E-state index < -0.39 is 0 Å². The van der Waals surface area contributed by atoms with Crippen molar-refractivity contribution in [2.75, 3.05) is 0 Å². The molecule has 0 aromatic carbocycles. The molecule has 0 aliphatic carbocycles. The highest BCUT2D eigenvalue weighted by Gasteiger charge is 2.29. The Labute approximate surface area is 115 Å². The molecule has 1 aromatic rings. The maximum Gasteiger partial charge on any atom is 0.0417 e. The number of aromatic nitrogens is 1. The first kappa shape index (κ1) is 14.8. The summed E-state index contributed by atoms with van der Waals surface area (Å²) in [5.74, 6) is 0. The van der Waals surface area contributed by atoms with Gasteiger partial charge in [-0.05, 0) is 41.3 Å². The SMILES string of the molecule is CCCCCC(C)(CCC)c1[nH]cc(C)c1Br. The summed E-state index contributed by atoms with van der Waals surface area (Å²) < 4.78 is 1.28. The van der Waals surface area contributed by atoms with Gasteiger partial charge in [0.1, 0.15) is 0 Å². The van der Waals surface area contributed by atoms with Gasteiger partial charge in [0.2, 0.25) is 0 Å². The zero-order valence-corrected chi connectivity index (χ0v) is 13.3. The van der Waals surface area contributed by atoms with Gasteiger partial charge in [-0.2, -0.15) is 0 Å². The number of unbranched alkanes of at least 4 members (excludes halogenated alkanes) is 2. The van der Waals surface area contributed by atoms with Crippen LogP contribution in [0.2, 0.25) is 0 Å². The molecule has 17 heavy (non-hydrogen) atoms. The molecule has 1 aromatic heterocycles. The second kappa shape index (κ2) is 6.63. The highest BCUT2D eigenvalue weighted by Crippen LogP contribution is 2.38. The summed E-state index contributed by atoms with van der Waals surface area (Å²) in [6.07, 6.45) is 9.88. The normalized spacial score (nSPS) is 14.9. The number of nitrogens with one attached hydrogen (secondary N) is 1. The molecule has 0 saturated carbocycles. The van der Waals surface area contributed by atoms with E-state index in [1.54, 1.807) is 0 Å². The summed E-state index contributed by atoms with van der Waals surface area (Å²) in [7, 11) is 0. The standard InChI is InChI=1S/C15H26BrN/c1-5-7-8-10-15(4,9-6-2)14-13(16)12(3)11-17-14/h11,17H,5-10H2,1-4H3. The van der Waals surface area contributed by atoms with Gasteiger partial charge < -0.3 is 4.98 Å². The number of halogens is 1. The monoisotopic (exact) mass is 299 g/mol. The Morgan fingerprint density at radius 1 is 1.18 bits per heavy atom. The molecular weight excluding hydrogens is 274 g/mol. The van der Waals surface area contributed by atoms with E-state index in [1.165, 1.54) is 54.3 Å². The van der Waals surface area contributed by atoms with Crippen molar-refractivity contribution in [2.45, 2.75) is 71.6 Å². The highest BCUT2D eigenvalue weighted by molar-refractivity contribution is 9.10. The van der Waals surface area contributed by atoms with Crippen molar-refractivity contribution < 1.29 is 0 Å². The number of rotatable bonds is 7. The first-order valence-corrected chi connectivity index (χ1v) is 7.68. The molecule has 1 N–H and O–H groups in total. The topological polar surface area (TPSA) is 15.8 Å². The van der Waals surface area contributed by atoms with Crippen LogP contribution in [0.3, 0.4) is 0 Å². The van der Waals surface area contributed by atoms with Gasteiger partial charge in [-0.1, -0.05) is 46.5 Å². The van der Waals surface area contributed by atoms with E-state index >= 15 is 0 Å². The summed E-state index contributed by atoms with van der Waals surface area (Å²) in [5, 5.41) is 0. The Kier molecular flexibility index (Phi) is 5.78. The van der Waals surface area contributed by atoms with E-state index in [1.807, 2.05) is 0 Å². The van der Waals surface area contributed by atoms with Gasteiger partial charge in [0.25, 0.3) is 0 Å². The molecule has 2 heteroatoms. The maximum absolute atomic E-state index is 3.73. The van der Waals surface area contributed by atoms with Gasteiger partial charge in [-0.15, -0.1) is 0 Å². The molecule has 0 spiro atoms. The number of hydrogen-bond acceptors (Lipinski definition) is 0. The van der Waals surface area contributed by atoms with Crippen LogP contribution in [-0.4, -0.2) is 4.98 Å². The van der Waals surface area contributed by atoms with Gasteiger partial charge >= 0.3 is 0 Å². The molecule has 0 bridgehead atoms. The molecule has 1 atom stereocenters. The largest absolute Gasteiger partial charge is 0.363 e. The minimum Gasteiger partial charge on any atom is -0.363 e. The first-order chi connectivity index (χ1) is 8.05. The van der Waals surface area contributed by atoms with Crippen LogP contribution in [0.25, 0.3) is 0 Å². The van der Waals surface area contributed by atoms with Crippen molar-refractivity contribution in [3.05, 3.63) is 21.9 Å². The maximum atomic E-state index is 3.73. The summed E-state index contributed by atoms with van der Waals surface area (Å²) in [6.45, 7) is 9.11. The van der Waals surface area contributed by atoms with Crippen molar-refractivity contribution in [1.29, 1.82) is 0 Å². The fourth-order valence-corrected chi connectivity index (χ4v) is 3.34. The zero-order chi connectivity index (χ0) is 12.9. The van der Waals surface area contributed by atoms with Gasteiger partial charge in [-0.25, -0.2) is 0 Å². The molecule has 98 valence electrons. The van der Waals surface area contributed by atoms with Crippen molar-refractivity contribution in [2.24, 2.45) is 0 Å². The molecule has 1 unspecified atom stereocenters. The van der Waals surface area contributed by atoms with E-state index in [-0.39, 0.29) is 0 Å². The van der Waals surface area contributed by atoms with E-state index in [0.717, 1.165) is 0 Å². The van der Waals surface area contributed by atoms with E-state index in [0.29, 0.717) is 5.41 Å². The number of aryl methyl sites for hydroxylation is 1. The fraction of sp³-hybridized carbons (Fsp3) is 0.733. The van der Waals surface area contributed by atoms with Gasteiger partial charge in [0.15, 0.2) is 0 Å². The molecule has 0 fully saturated rings. The summed E-state index contributed by atoms with van der Waals surface area (Å²) >= 11 is 3.73. The van der Waals surface area contributed by atoms with Gasteiger partial charge in [0, 0.05) is 21.8 Å². The first-order valence-electron chi connectivity index (χ1n) is 6.89. The minimum absolute atomic E-state index is 0.303. The van der Waals surface area contributed by atoms with Crippen LogP contribution in [0, 0.1) is 6.92 Å². The summed E-state index contributed by atoms with van der Waals surface area (Å²) in [4.78, 5) is 3.48. The average molecular weight is 300 g/mol. The van der Waals surface area contributed by atoms with Crippen LogP contribution in [0.1, 0.15) is 70.6 Å². The Bertz CT molecular complexity index is 343. The van der Waals surface area contributed by atoms with Crippen LogP contribution in [0.4, 0.5) is 0 Å². The Morgan fingerprint density at radius 3 is 2.35 bits per heavy atom. The van der Waals surface area contributed by atoms with E-state index in [2.05, 4.69) is 54.8 Å². The van der Waals surface area contributed by atoms with Crippen molar-refractivity contribution in [3.63, 3.8) is 0 Å². The van der Waals surface area contributed by atoms with Crippen LogP contribution < -0.4 is 0 Å². The third-order valence-corrected chi connectivity index (χ3v) is 4.76. The Balaban J connectivity index is 2.86. The molecular formula is C15H26BrN. The lowest BCUT2D eigenvalue weighted by Gasteiger charge is -2.29. The zero-order valence-electron chi connectivity index (χ0n) is 11.7. The van der Waals surface area contributed by atoms with Gasteiger partial charge in [-0.3, -0.25) is 0 Å². The predicted molar refractivity (Wildman–Crippen MR) is 79.6 cm³/mol.